The highest BCUT2D eigenvalue weighted by Gasteiger charge is 2.21. The molecule has 0 atom stereocenters. The van der Waals surface area contributed by atoms with Crippen LogP contribution in [-0.2, 0) is 9.59 Å². The van der Waals surface area contributed by atoms with E-state index in [1.807, 2.05) is 19.2 Å². The second-order valence-corrected chi connectivity index (χ2v) is 5.25. The van der Waals surface area contributed by atoms with Gasteiger partial charge in [-0.1, -0.05) is 20.3 Å². The largest absolute Gasteiger partial charge is 0.334 e. The van der Waals surface area contributed by atoms with Gasteiger partial charge in [0.2, 0.25) is 0 Å². The molecule has 1 heterocycles. The Bertz CT molecular complexity index is 431. The number of carbonyl (C=O) groups is 2. The summed E-state index contributed by atoms with van der Waals surface area (Å²) in [5, 5.41) is 4.86. The molecule has 0 saturated carbocycles. The summed E-state index contributed by atoms with van der Waals surface area (Å²) >= 11 is 1.32. The summed E-state index contributed by atoms with van der Waals surface area (Å²) in [6, 6.07) is 0. The Balaban J connectivity index is 2.59. The zero-order valence-electron chi connectivity index (χ0n) is 11.7. The molecule has 0 aliphatic carbocycles. The second-order valence-electron chi connectivity index (χ2n) is 4.39. The van der Waals surface area contributed by atoms with E-state index in [-0.39, 0.29) is 0 Å². The Morgan fingerprint density at radius 2 is 2.05 bits per heavy atom. The zero-order valence-corrected chi connectivity index (χ0v) is 12.5. The van der Waals surface area contributed by atoms with Crippen molar-refractivity contribution >= 4 is 28.3 Å². The SMILES string of the molecule is CCCCN(CCC)C(=O)C(=O)Nc1nc(C)cs1. The summed E-state index contributed by atoms with van der Waals surface area (Å²) in [7, 11) is 0. The second kappa shape index (κ2) is 7.89. The smallest absolute Gasteiger partial charge is 0.315 e. The summed E-state index contributed by atoms with van der Waals surface area (Å²) < 4.78 is 0. The van der Waals surface area contributed by atoms with Gasteiger partial charge in [0.25, 0.3) is 0 Å². The lowest BCUT2D eigenvalue weighted by atomic mass is 10.3. The third kappa shape index (κ3) is 4.98. The first-order valence-electron chi connectivity index (χ1n) is 6.60. The number of amides is 2. The molecule has 0 saturated heterocycles. The third-order valence-electron chi connectivity index (χ3n) is 2.60. The molecule has 1 aromatic rings. The van der Waals surface area contributed by atoms with Crippen molar-refractivity contribution in [1.29, 1.82) is 0 Å². The summed E-state index contributed by atoms with van der Waals surface area (Å²) in [5.41, 5.74) is 0.837. The van der Waals surface area contributed by atoms with Crippen LogP contribution in [0.1, 0.15) is 38.8 Å². The van der Waals surface area contributed by atoms with Gasteiger partial charge in [-0.15, -0.1) is 11.3 Å². The molecular formula is C13H21N3O2S. The van der Waals surface area contributed by atoms with Crippen molar-refractivity contribution in [2.45, 2.75) is 40.0 Å². The molecule has 1 N–H and O–H groups in total. The van der Waals surface area contributed by atoms with Crippen molar-refractivity contribution in [3.63, 3.8) is 0 Å². The maximum Gasteiger partial charge on any atom is 0.315 e. The van der Waals surface area contributed by atoms with Crippen LogP contribution in [0.15, 0.2) is 5.38 Å². The Labute approximate surface area is 118 Å². The van der Waals surface area contributed by atoms with E-state index in [1.54, 1.807) is 4.90 Å². The fourth-order valence-corrected chi connectivity index (χ4v) is 2.32. The van der Waals surface area contributed by atoms with Crippen molar-refractivity contribution in [2.75, 3.05) is 18.4 Å². The molecule has 0 radical (unpaired) electrons. The van der Waals surface area contributed by atoms with Crippen LogP contribution in [0.2, 0.25) is 0 Å². The minimum Gasteiger partial charge on any atom is -0.334 e. The van der Waals surface area contributed by atoms with E-state index in [0.717, 1.165) is 25.0 Å². The number of nitrogens with zero attached hydrogens (tertiary/aromatic N) is 2. The normalized spacial score (nSPS) is 10.3. The van der Waals surface area contributed by atoms with Gasteiger partial charge < -0.3 is 4.90 Å². The van der Waals surface area contributed by atoms with Crippen molar-refractivity contribution in [3.8, 4) is 0 Å². The number of anilines is 1. The van der Waals surface area contributed by atoms with Gasteiger partial charge in [0.15, 0.2) is 5.13 Å². The van der Waals surface area contributed by atoms with E-state index in [2.05, 4.69) is 17.2 Å². The standard InChI is InChI=1S/C13H21N3O2S/c1-4-6-8-16(7-5-2)12(18)11(17)15-13-14-10(3)9-19-13/h9H,4-8H2,1-3H3,(H,14,15,17). The molecule has 1 aromatic heterocycles. The minimum atomic E-state index is -0.598. The van der Waals surface area contributed by atoms with Crippen LogP contribution in [0.5, 0.6) is 0 Å². The number of aromatic nitrogens is 1. The number of rotatable bonds is 6. The fourth-order valence-electron chi connectivity index (χ4n) is 1.64. The van der Waals surface area contributed by atoms with Gasteiger partial charge in [0.05, 0.1) is 5.69 Å². The predicted octanol–water partition coefficient (Wildman–Crippen LogP) is 2.43. The van der Waals surface area contributed by atoms with E-state index in [0.29, 0.717) is 18.2 Å². The monoisotopic (exact) mass is 283 g/mol. The molecule has 19 heavy (non-hydrogen) atoms. The van der Waals surface area contributed by atoms with Gasteiger partial charge in [0.1, 0.15) is 0 Å². The number of hydrogen-bond donors (Lipinski definition) is 1. The van der Waals surface area contributed by atoms with Crippen LogP contribution in [-0.4, -0.2) is 34.8 Å². The number of hydrogen-bond acceptors (Lipinski definition) is 4. The minimum absolute atomic E-state index is 0.469. The van der Waals surface area contributed by atoms with Crippen LogP contribution >= 0.6 is 11.3 Å². The van der Waals surface area contributed by atoms with Crippen molar-refractivity contribution in [1.82, 2.24) is 9.88 Å². The van der Waals surface area contributed by atoms with Gasteiger partial charge in [0, 0.05) is 18.5 Å². The molecule has 0 aliphatic rings. The number of thiazole rings is 1. The first kappa shape index (κ1) is 15.6. The van der Waals surface area contributed by atoms with E-state index < -0.39 is 11.8 Å². The van der Waals surface area contributed by atoms with E-state index in [4.69, 9.17) is 0 Å². The lowest BCUT2D eigenvalue weighted by Crippen LogP contribution is -2.40. The van der Waals surface area contributed by atoms with Crippen molar-refractivity contribution in [3.05, 3.63) is 11.1 Å². The average Bonchev–Trinajstić information content (AvgIpc) is 2.79. The number of carbonyl (C=O) groups excluding carboxylic acids is 2. The van der Waals surface area contributed by atoms with Gasteiger partial charge in [-0.2, -0.15) is 0 Å². The van der Waals surface area contributed by atoms with E-state index >= 15 is 0 Å². The molecule has 106 valence electrons. The Kier molecular flexibility index (Phi) is 6.49. The molecule has 2 amide bonds. The lowest BCUT2D eigenvalue weighted by molar-refractivity contribution is -0.143. The van der Waals surface area contributed by atoms with Crippen molar-refractivity contribution < 1.29 is 9.59 Å². The molecule has 5 nitrogen and oxygen atoms in total. The Morgan fingerprint density at radius 3 is 2.58 bits per heavy atom. The van der Waals surface area contributed by atoms with E-state index in [9.17, 15) is 9.59 Å². The first-order chi connectivity index (χ1) is 9.08. The quantitative estimate of drug-likeness (QED) is 0.816. The topological polar surface area (TPSA) is 62.3 Å². The van der Waals surface area contributed by atoms with Crippen LogP contribution in [0.25, 0.3) is 0 Å². The van der Waals surface area contributed by atoms with E-state index in [1.165, 1.54) is 11.3 Å². The fraction of sp³-hybridized carbons (Fsp3) is 0.615. The highest BCUT2D eigenvalue weighted by molar-refractivity contribution is 7.14. The molecule has 0 spiro atoms. The van der Waals surface area contributed by atoms with Crippen LogP contribution in [0, 0.1) is 6.92 Å². The first-order valence-corrected chi connectivity index (χ1v) is 7.48. The number of nitrogens with one attached hydrogen (secondary N) is 1. The maximum absolute atomic E-state index is 12.0. The summed E-state index contributed by atoms with van der Waals surface area (Å²) in [6.45, 7) is 7.15. The molecule has 0 unspecified atom stereocenters. The molecule has 6 heteroatoms. The number of aryl methyl sites for hydroxylation is 1. The third-order valence-corrected chi connectivity index (χ3v) is 3.47. The summed E-state index contributed by atoms with van der Waals surface area (Å²) in [6.07, 6.45) is 2.76. The maximum atomic E-state index is 12.0. The average molecular weight is 283 g/mol. The van der Waals surface area contributed by atoms with Crippen molar-refractivity contribution in [2.24, 2.45) is 0 Å². The zero-order chi connectivity index (χ0) is 14.3. The molecule has 0 aromatic carbocycles. The Hall–Kier alpha value is -1.43. The highest BCUT2D eigenvalue weighted by Crippen LogP contribution is 2.14. The molecular weight excluding hydrogens is 262 g/mol. The summed E-state index contributed by atoms with van der Waals surface area (Å²) in [4.78, 5) is 29.6. The van der Waals surface area contributed by atoms with Gasteiger partial charge in [-0.25, -0.2) is 4.98 Å². The molecule has 0 fully saturated rings. The molecule has 0 aliphatic heterocycles. The van der Waals surface area contributed by atoms with Crippen LogP contribution in [0.3, 0.4) is 0 Å². The van der Waals surface area contributed by atoms with Gasteiger partial charge in [-0.3, -0.25) is 14.9 Å². The number of unbranched alkanes of at least 4 members (excludes halogenated alkanes) is 1. The van der Waals surface area contributed by atoms with Gasteiger partial charge in [-0.05, 0) is 19.8 Å². The molecule has 0 bridgehead atoms. The van der Waals surface area contributed by atoms with Crippen LogP contribution in [0.4, 0.5) is 5.13 Å². The predicted molar refractivity (Wildman–Crippen MR) is 77.3 cm³/mol. The van der Waals surface area contributed by atoms with Crippen LogP contribution < -0.4 is 5.32 Å². The van der Waals surface area contributed by atoms with Gasteiger partial charge >= 0.3 is 11.8 Å². The summed E-state index contributed by atoms with van der Waals surface area (Å²) in [5.74, 6) is -1.07. The Morgan fingerprint density at radius 1 is 1.32 bits per heavy atom. The lowest BCUT2D eigenvalue weighted by Gasteiger charge is -2.20. The molecule has 1 rings (SSSR count). The highest BCUT2D eigenvalue weighted by atomic mass is 32.1.